The monoisotopic (exact) mass is 575 g/mol. The second kappa shape index (κ2) is 37.9. The number of hydrogen-bond donors (Lipinski definition) is 1. The highest BCUT2D eigenvalue weighted by Gasteiger charge is 1.99. The van der Waals surface area contributed by atoms with Gasteiger partial charge in [0.25, 0.3) is 0 Å². The summed E-state index contributed by atoms with van der Waals surface area (Å²) in [5, 5.41) is 0. The van der Waals surface area contributed by atoms with Crippen molar-refractivity contribution >= 4 is 30.3 Å². The quantitative estimate of drug-likeness (QED) is 0.0600. The summed E-state index contributed by atoms with van der Waals surface area (Å²) in [5.74, 6) is -1.17. The van der Waals surface area contributed by atoms with E-state index in [0.29, 0.717) is 19.8 Å². The van der Waals surface area contributed by atoms with Gasteiger partial charge >= 0.3 is 17.9 Å². The summed E-state index contributed by atoms with van der Waals surface area (Å²) in [6.07, 6.45) is 23.2. The molecule has 0 unspecified atom stereocenters. The van der Waals surface area contributed by atoms with Gasteiger partial charge in [-0.15, -0.1) is 12.4 Å². The van der Waals surface area contributed by atoms with E-state index < -0.39 is 5.97 Å². The fourth-order valence-corrected chi connectivity index (χ4v) is 3.13. The molecule has 0 aliphatic rings. The van der Waals surface area contributed by atoms with Crippen LogP contribution < -0.4 is 5.73 Å². The van der Waals surface area contributed by atoms with Crippen molar-refractivity contribution in [2.45, 2.75) is 124 Å². The first-order chi connectivity index (χ1) is 18.3. The smallest absolute Gasteiger partial charge is 0.353 e. The summed E-state index contributed by atoms with van der Waals surface area (Å²) >= 11 is 0. The van der Waals surface area contributed by atoms with Gasteiger partial charge < -0.3 is 19.9 Å². The van der Waals surface area contributed by atoms with Gasteiger partial charge in [-0.2, -0.15) is 0 Å². The van der Waals surface area contributed by atoms with Crippen LogP contribution in [0.5, 0.6) is 0 Å². The Kier molecular flexibility index (Phi) is 42.5. The number of ether oxygens (including phenoxy) is 3. The van der Waals surface area contributed by atoms with Gasteiger partial charge in [-0.3, -0.25) is 0 Å². The number of hydrogen-bond acceptors (Lipinski definition) is 7. The molecule has 2 N–H and O–H groups in total. The number of nitrogens with two attached hydrogens (primary N) is 1. The van der Waals surface area contributed by atoms with E-state index in [1.807, 2.05) is 6.92 Å². The minimum atomic E-state index is -0.535. The van der Waals surface area contributed by atoms with E-state index in [-0.39, 0.29) is 30.0 Å². The Hall–Kier alpha value is -2.28. The van der Waals surface area contributed by atoms with E-state index in [4.69, 9.17) is 10.5 Å². The Morgan fingerprint density at radius 2 is 0.923 bits per heavy atom. The van der Waals surface area contributed by atoms with Crippen molar-refractivity contribution in [2.24, 2.45) is 5.73 Å². The topological polar surface area (TPSA) is 105 Å². The summed E-state index contributed by atoms with van der Waals surface area (Å²) in [7, 11) is 0. The summed E-state index contributed by atoms with van der Waals surface area (Å²) in [6.45, 7) is 17.2. The van der Waals surface area contributed by atoms with Crippen LogP contribution in [0.25, 0.3) is 0 Å². The lowest BCUT2D eigenvalue weighted by Crippen LogP contribution is -2.12. The predicted molar refractivity (Wildman–Crippen MR) is 165 cm³/mol. The zero-order valence-corrected chi connectivity index (χ0v) is 26.0. The highest BCUT2D eigenvalue weighted by Crippen LogP contribution is 2.12. The minimum Gasteiger partial charge on any atom is -0.463 e. The van der Waals surface area contributed by atoms with Gasteiger partial charge in [-0.05, 0) is 19.8 Å². The van der Waals surface area contributed by atoms with Crippen molar-refractivity contribution in [3.05, 3.63) is 37.6 Å². The summed E-state index contributed by atoms with van der Waals surface area (Å²) in [5.41, 5.74) is 4.90. The lowest BCUT2D eigenvalue weighted by Gasteiger charge is -2.03. The Morgan fingerprint density at radius 1 is 0.590 bits per heavy atom. The Morgan fingerprint density at radius 3 is 1.21 bits per heavy atom. The zero-order chi connectivity index (χ0) is 29.3. The molecular weight excluding hydrogens is 518 g/mol. The third kappa shape index (κ3) is 43.0. The Balaban J connectivity index is -0.000000281. The van der Waals surface area contributed by atoms with Crippen LogP contribution in [0.15, 0.2) is 37.6 Å². The van der Waals surface area contributed by atoms with Crippen LogP contribution >= 0.6 is 12.4 Å². The highest BCUT2D eigenvalue weighted by molar-refractivity contribution is 5.86. The number of carbonyl (C=O) groups is 3. The maximum absolute atomic E-state index is 10.8. The molecule has 0 amide bonds. The Labute approximate surface area is 245 Å². The first-order valence-corrected chi connectivity index (χ1v) is 14.5. The largest absolute Gasteiger partial charge is 0.463 e. The van der Waals surface area contributed by atoms with Crippen LogP contribution in [-0.4, -0.2) is 37.7 Å². The summed E-state index contributed by atoms with van der Waals surface area (Å²) in [4.78, 5) is 31.4. The van der Waals surface area contributed by atoms with Crippen LogP contribution in [0.1, 0.15) is 124 Å². The molecule has 0 heterocycles. The second-order valence-corrected chi connectivity index (χ2v) is 8.94. The molecule has 0 radical (unpaired) electrons. The number of unbranched alkanes of at least 4 members (excludes halogenated alkanes) is 14. The molecule has 0 aliphatic heterocycles. The van der Waals surface area contributed by atoms with E-state index in [1.54, 1.807) is 6.92 Å². The van der Waals surface area contributed by atoms with E-state index in [1.165, 1.54) is 95.6 Å². The zero-order valence-electron chi connectivity index (χ0n) is 25.1. The van der Waals surface area contributed by atoms with Crippen LogP contribution in [-0.2, 0) is 28.6 Å². The van der Waals surface area contributed by atoms with Crippen molar-refractivity contribution in [2.75, 3.05) is 19.8 Å². The molecule has 0 atom stereocenters. The molecule has 8 heteroatoms. The normalized spacial score (nSPS) is 9.31. The van der Waals surface area contributed by atoms with E-state index in [2.05, 4.69) is 36.1 Å². The van der Waals surface area contributed by atoms with E-state index in [9.17, 15) is 14.4 Å². The number of esters is 3. The second-order valence-electron chi connectivity index (χ2n) is 8.94. The molecule has 0 fully saturated rings. The molecule has 0 spiro atoms. The maximum atomic E-state index is 10.8. The van der Waals surface area contributed by atoms with Crippen molar-refractivity contribution < 1.29 is 28.6 Å². The van der Waals surface area contributed by atoms with Crippen LogP contribution in [0.4, 0.5) is 0 Å². The van der Waals surface area contributed by atoms with Gasteiger partial charge in [0.1, 0.15) is 5.70 Å². The van der Waals surface area contributed by atoms with Gasteiger partial charge in [0.2, 0.25) is 0 Å². The fraction of sp³-hybridized carbons (Fsp3) is 0.710. The minimum absolute atomic E-state index is 0. The third-order valence-electron chi connectivity index (χ3n) is 5.36. The average Bonchev–Trinajstić information content (AvgIpc) is 2.91. The third-order valence-corrected chi connectivity index (χ3v) is 5.36. The molecule has 0 aromatic heterocycles. The molecule has 7 nitrogen and oxygen atoms in total. The fourth-order valence-electron chi connectivity index (χ4n) is 3.13. The Bertz CT molecular complexity index is 610. The van der Waals surface area contributed by atoms with Gasteiger partial charge in [0.05, 0.1) is 19.8 Å². The van der Waals surface area contributed by atoms with Gasteiger partial charge in [-0.1, -0.05) is 123 Å². The molecule has 0 aromatic rings. The highest BCUT2D eigenvalue weighted by atomic mass is 35.5. The van der Waals surface area contributed by atoms with Crippen LogP contribution in [0, 0.1) is 0 Å². The van der Waals surface area contributed by atoms with Gasteiger partial charge in [0, 0.05) is 12.2 Å². The summed E-state index contributed by atoms with van der Waals surface area (Å²) < 4.78 is 14.1. The maximum Gasteiger partial charge on any atom is 0.353 e. The van der Waals surface area contributed by atoms with Crippen molar-refractivity contribution in [1.82, 2.24) is 0 Å². The standard InChI is InChI=1S/C19H36O2.C7H12O2.C5H9NO2.ClH/c1-3-5-6-7-8-9-10-11-12-13-14-15-16-17-18-21-19(20)4-2;1-3-5-6-9-7(8)4-2;1-3-8-5(7)4(2)6;/h4H,2-3,5-18H2,1H3;4H,2-3,5-6H2,1H3;2-3,6H2,1H3;1H. The number of carbonyl (C=O) groups excluding carboxylic acids is 3. The first kappa shape index (κ1) is 43.8. The molecule has 0 saturated heterocycles. The lowest BCUT2D eigenvalue weighted by molar-refractivity contribution is -0.139. The molecular formula is C31H58ClNO6. The molecule has 0 aromatic carbocycles. The molecule has 0 saturated carbocycles. The van der Waals surface area contributed by atoms with Gasteiger partial charge in [0.15, 0.2) is 0 Å². The van der Waals surface area contributed by atoms with Gasteiger partial charge in [-0.25, -0.2) is 14.4 Å². The summed E-state index contributed by atoms with van der Waals surface area (Å²) in [6, 6.07) is 0. The number of rotatable bonds is 22. The van der Waals surface area contributed by atoms with Crippen LogP contribution in [0.2, 0.25) is 0 Å². The average molecular weight is 576 g/mol. The molecule has 230 valence electrons. The SMILES string of the molecule is C=C(N)C(=O)OCC.C=CC(=O)OCCCC.C=CC(=O)OCCCCCCCCCCCCCCCC.Cl. The lowest BCUT2D eigenvalue weighted by atomic mass is 10.0. The molecule has 0 aliphatic carbocycles. The van der Waals surface area contributed by atoms with Crippen LogP contribution in [0.3, 0.4) is 0 Å². The van der Waals surface area contributed by atoms with Crippen molar-refractivity contribution in [1.29, 1.82) is 0 Å². The molecule has 39 heavy (non-hydrogen) atoms. The first-order valence-electron chi connectivity index (χ1n) is 14.5. The van der Waals surface area contributed by atoms with Crippen molar-refractivity contribution in [3.8, 4) is 0 Å². The predicted octanol–water partition coefficient (Wildman–Crippen LogP) is 8.16. The molecule has 0 rings (SSSR count). The molecule has 0 bridgehead atoms. The van der Waals surface area contributed by atoms with E-state index >= 15 is 0 Å². The number of halogens is 1. The van der Waals surface area contributed by atoms with E-state index in [0.717, 1.165) is 19.3 Å². The van der Waals surface area contributed by atoms with Crippen molar-refractivity contribution in [3.63, 3.8) is 0 Å².